The van der Waals surface area contributed by atoms with Gasteiger partial charge in [0, 0.05) is 17.1 Å². The van der Waals surface area contributed by atoms with Crippen molar-refractivity contribution in [2.24, 2.45) is 0 Å². The summed E-state index contributed by atoms with van der Waals surface area (Å²) in [7, 11) is -4.17. The lowest BCUT2D eigenvalue weighted by atomic mass is 10.0. The molecule has 0 amide bonds. The van der Waals surface area contributed by atoms with Crippen LogP contribution < -0.4 is 0 Å². The zero-order chi connectivity index (χ0) is 24.0. The first-order valence-electron chi connectivity index (χ1n) is 10.3. The molecule has 0 spiro atoms. The van der Waals surface area contributed by atoms with Crippen molar-refractivity contribution in [2.45, 2.75) is 11.8 Å². The maximum Gasteiger partial charge on any atom is 0.268 e. The number of hydrogen-bond acceptors (Lipinski definition) is 3. The lowest BCUT2D eigenvalue weighted by Gasteiger charge is -2.13. The molecule has 0 saturated carbocycles. The molecule has 0 bridgehead atoms. The molecule has 0 saturated heterocycles. The molecule has 0 atom stereocenters. The monoisotopic (exact) mass is 494 g/mol. The lowest BCUT2D eigenvalue weighted by molar-refractivity contribution is 0.583. The maximum atomic E-state index is 14.8. The number of fused-ring (bicyclic) bond motifs is 1. The summed E-state index contributed by atoms with van der Waals surface area (Å²) in [6, 6.07) is 19.6. The van der Waals surface area contributed by atoms with Crippen LogP contribution in [-0.4, -0.2) is 17.4 Å². The third kappa shape index (κ3) is 3.67. The Kier molecular flexibility index (Phi) is 5.46. The number of hydrogen-bond donors (Lipinski definition) is 0. The van der Waals surface area contributed by atoms with E-state index in [2.05, 4.69) is 4.98 Å². The van der Waals surface area contributed by atoms with Crippen LogP contribution in [0.15, 0.2) is 90.0 Å². The molecule has 0 aliphatic heterocycles. The van der Waals surface area contributed by atoms with E-state index in [1.54, 1.807) is 48.7 Å². The van der Waals surface area contributed by atoms with E-state index < -0.39 is 27.2 Å². The van der Waals surface area contributed by atoms with Gasteiger partial charge in [-0.05, 0) is 66.6 Å². The average molecular weight is 495 g/mol. The number of pyridine rings is 1. The number of aromatic nitrogens is 2. The molecule has 2 aromatic heterocycles. The maximum absolute atomic E-state index is 14.8. The Morgan fingerprint density at radius 2 is 1.59 bits per heavy atom. The Morgan fingerprint density at radius 3 is 2.26 bits per heavy atom. The van der Waals surface area contributed by atoms with Crippen molar-refractivity contribution in [3.05, 3.63) is 107 Å². The van der Waals surface area contributed by atoms with Crippen LogP contribution in [-0.2, 0) is 10.0 Å². The topological polar surface area (TPSA) is 52.0 Å². The number of rotatable bonds is 4. The second kappa shape index (κ2) is 8.34. The van der Waals surface area contributed by atoms with Crippen LogP contribution in [0.1, 0.15) is 5.56 Å². The van der Waals surface area contributed by atoms with Crippen molar-refractivity contribution in [3.8, 4) is 22.4 Å². The van der Waals surface area contributed by atoms with Crippen LogP contribution in [0.2, 0.25) is 5.15 Å². The fourth-order valence-corrected chi connectivity index (χ4v) is 5.81. The van der Waals surface area contributed by atoms with E-state index in [-0.39, 0.29) is 10.6 Å². The van der Waals surface area contributed by atoms with Crippen molar-refractivity contribution in [3.63, 3.8) is 0 Å². The van der Waals surface area contributed by atoms with Crippen LogP contribution in [0.4, 0.5) is 8.78 Å². The van der Waals surface area contributed by atoms with E-state index in [0.717, 1.165) is 32.8 Å². The molecule has 5 aromatic rings. The first kappa shape index (κ1) is 22.3. The molecule has 8 heteroatoms. The summed E-state index contributed by atoms with van der Waals surface area (Å²) in [5.41, 5.74) is 2.25. The van der Waals surface area contributed by atoms with Gasteiger partial charge in [0.25, 0.3) is 10.0 Å². The van der Waals surface area contributed by atoms with E-state index in [4.69, 9.17) is 11.6 Å². The zero-order valence-electron chi connectivity index (χ0n) is 17.8. The quantitative estimate of drug-likeness (QED) is 0.257. The number of benzene rings is 3. The minimum absolute atomic E-state index is 0.00678. The third-order valence-electron chi connectivity index (χ3n) is 5.65. The van der Waals surface area contributed by atoms with E-state index in [1.165, 1.54) is 24.3 Å². The molecule has 5 rings (SSSR count). The highest BCUT2D eigenvalue weighted by Gasteiger charge is 2.27. The van der Waals surface area contributed by atoms with Crippen molar-refractivity contribution >= 4 is 32.5 Å². The summed E-state index contributed by atoms with van der Waals surface area (Å²) in [4.78, 5) is 4.14. The zero-order valence-corrected chi connectivity index (χ0v) is 19.4. The molecule has 4 nitrogen and oxygen atoms in total. The Bertz CT molecular complexity index is 1650. The summed E-state index contributed by atoms with van der Waals surface area (Å²) in [5.74, 6) is -1.71. The Hall–Kier alpha value is -3.55. The molecule has 34 heavy (non-hydrogen) atoms. The van der Waals surface area contributed by atoms with Crippen LogP contribution in [0, 0.1) is 18.6 Å². The SMILES string of the molecule is Cc1cc(Cl)ncc1-c1ccc2c(c1)cc(-c1c(F)cccc1F)n2S(=O)(=O)c1ccccc1. The Labute approximate surface area is 200 Å². The molecule has 0 unspecified atom stereocenters. The van der Waals surface area contributed by atoms with E-state index in [9.17, 15) is 17.2 Å². The van der Waals surface area contributed by atoms with Crippen LogP contribution in [0.3, 0.4) is 0 Å². The summed E-state index contributed by atoms with van der Waals surface area (Å²) in [6.07, 6.45) is 1.63. The van der Waals surface area contributed by atoms with Crippen molar-refractivity contribution in [1.29, 1.82) is 0 Å². The second-order valence-corrected chi connectivity index (χ2v) is 9.98. The molecule has 0 N–H and O–H groups in total. The van der Waals surface area contributed by atoms with Gasteiger partial charge in [0.15, 0.2) is 0 Å². The first-order valence-corrected chi connectivity index (χ1v) is 12.1. The predicted molar refractivity (Wildman–Crippen MR) is 129 cm³/mol. The number of nitrogens with zero attached hydrogens (tertiary/aromatic N) is 2. The van der Waals surface area contributed by atoms with Gasteiger partial charge >= 0.3 is 0 Å². The molecule has 0 radical (unpaired) electrons. The molecule has 0 fully saturated rings. The number of halogens is 3. The van der Waals surface area contributed by atoms with Crippen molar-refractivity contribution in [2.75, 3.05) is 0 Å². The highest BCUT2D eigenvalue weighted by Crippen LogP contribution is 2.37. The summed E-state index contributed by atoms with van der Waals surface area (Å²) in [6.45, 7) is 1.89. The Balaban J connectivity index is 1.83. The standard InChI is InChI=1S/C26H17ClF2N2O2S/c1-16-12-25(27)30-15-20(16)17-10-11-23-18(13-17)14-24(26-21(28)8-5-9-22(26)29)31(23)34(32,33)19-6-3-2-4-7-19/h2-15H,1H3. The van der Waals surface area contributed by atoms with Gasteiger partial charge in [-0.15, -0.1) is 0 Å². The summed E-state index contributed by atoms with van der Waals surface area (Å²) in [5, 5.41) is 0.865. The highest BCUT2D eigenvalue weighted by molar-refractivity contribution is 7.90. The van der Waals surface area contributed by atoms with Crippen LogP contribution in [0.5, 0.6) is 0 Å². The van der Waals surface area contributed by atoms with Gasteiger partial charge < -0.3 is 0 Å². The molecular weight excluding hydrogens is 478 g/mol. The smallest absolute Gasteiger partial charge is 0.244 e. The third-order valence-corrected chi connectivity index (χ3v) is 7.59. The minimum Gasteiger partial charge on any atom is -0.244 e. The largest absolute Gasteiger partial charge is 0.268 e. The van der Waals surface area contributed by atoms with E-state index in [0.29, 0.717) is 16.1 Å². The fourth-order valence-electron chi connectivity index (χ4n) is 4.06. The molecule has 0 aliphatic rings. The lowest BCUT2D eigenvalue weighted by Crippen LogP contribution is -2.14. The molecule has 170 valence electrons. The second-order valence-electron chi connectivity index (χ2n) is 7.80. The van der Waals surface area contributed by atoms with Gasteiger partial charge in [0.2, 0.25) is 0 Å². The Morgan fingerprint density at radius 1 is 0.882 bits per heavy atom. The van der Waals surface area contributed by atoms with E-state index >= 15 is 0 Å². The molecule has 2 heterocycles. The van der Waals surface area contributed by atoms with Gasteiger partial charge in [-0.2, -0.15) is 0 Å². The summed E-state index contributed by atoms with van der Waals surface area (Å²) >= 11 is 5.98. The van der Waals surface area contributed by atoms with Gasteiger partial charge in [-0.25, -0.2) is 26.2 Å². The van der Waals surface area contributed by atoms with Gasteiger partial charge in [-0.3, -0.25) is 0 Å². The summed E-state index contributed by atoms with van der Waals surface area (Å²) < 4.78 is 57.9. The minimum atomic E-state index is -4.17. The highest BCUT2D eigenvalue weighted by atomic mass is 35.5. The van der Waals surface area contributed by atoms with E-state index in [1.807, 2.05) is 6.92 Å². The fraction of sp³-hybridized carbons (Fsp3) is 0.0385. The van der Waals surface area contributed by atoms with Crippen LogP contribution >= 0.6 is 11.6 Å². The van der Waals surface area contributed by atoms with Crippen molar-refractivity contribution in [1.82, 2.24) is 8.96 Å². The average Bonchev–Trinajstić information content (AvgIpc) is 3.18. The molecule has 0 aliphatic carbocycles. The van der Waals surface area contributed by atoms with Crippen molar-refractivity contribution < 1.29 is 17.2 Å². The van der Waals surface area contributed by atoms with Crippen LogP contribution in [0.25, 0.3) is 33.3 Å². The molecule has 3 aromatic carbocycles. The molecular formula is C26H17ClF2N2O2S. The first-order chi connectivity index (χ1) is 16.3. The van der Waals surface area contributed by atoms with Gasteiger partial charge in [0.1, 0.15) is 16.8 Å². The number of aryl methyl sites for hydroxylation is 1. The van der Waals surface area contributed by atoms with Gasteiger partial charge in [-0.1, -0.05) is 41.9 Å². The van der Waals surface area contributed by atoms with Gasteiger partial charge in [0.05, 0.1) is 21.7 Å². The predicted octanol–water partition coefficient (Wildman–Crippen LogP) is 6.85. The normalized spacial score (nSPS) is 11.8.